The summed E-state index contributed by atoms with van der Waals surface area (Å²) in [5, 5.41) is 7.23. The molecule has 1 aromatic carbocycles. The van der Waals surface area contributed by atoms with Gasteiger partial charge in [-0.2, -0.15) is 5.10 Å². The number of ether oxygens (including phenoxy) is 2. The van der Waals surface area contributed by atoms with Gasteiger partial charge in [-0.1, -0.05) is 6.92 Å². The molecule has 0 saturated carbocycles. The van der Waals surface area contributed by atoms with Crippen molar-refractivity contribution in [1.29, 1.82) is 0 Å². The van der Waals surface area contributed by atoms with Crippen LogP contribution in [0.3, 0.4) is 0 Å². The Morgan fingerprint density at radius 3 is 2.73 bits per heavy atom. The molecule has 22 heavy (non-hydrogen) atoms. The van der Waals surface area contributed by atoms with Gasteiger partial charge in [-0.3, -0.25) is 10.1 Å². The maximum absolute atomic E-state index is 11.4. The lowest BCUT2D eigenvalue weighted by Crippen LogP contribution is -2.24. The van der Waals surface area contributed by atoms with Crippen LogP contribution in [0.15, 0.2) is 23.3 Å². The van der Waals surface area contributed by atoms with Crippen molar-refractivity contribution in [3.8, 4) is 11.5 Å². The van der Waals surface area contributed by atoms with Crippen LogP contribution in [0.5, 0.6) is 11.5 Å². The second-order valence-electron chi connectivity index (χ2n) is 4.64. The molecule has 1 saturated heterocycles. The Labute approximate surface area is 128 Å². The first kappa shape index (κ1) is 15.8. The first-order valence-electron chi connectivity index (χ1n) is 7.19. The van der Waals surface area contributed by atoms with E-state index >= 15 is 0 Å². The average Bonchev–Trinajstić information content (AvgIpc) is 2.82. The largest absolute Gasteiger partial charge is 0.490 e. The molecule has 1 aliphatic heterocycles. The Balaban J connectivity index is 2.12. The highest BCUT2D eigenvalue weighted by molar-refractivity contribution is 6.02. The highest BCUT2D eigenvalue weighted by Crippen LogP contribution is 2.28. The summed E-state index contributed by atoms with van der Waals surface area (Å²) in [6.45, 7) is 5.00. The van der Waals surface area contributed by atoms with E-state index in [1.54, 1.807) is 12.1 Å². The Bertz CT molecular complexity index is 586. The molecule has 0 radical (unpaired) electrons. The van der Waals surface area contributed by atoms with Gasteiger partial charge in [0.1, 0.15) is 6.54 Å². The second kappa shape index (κ2) is 7.44. The molecule has 1 aliphatic rings. The molecule has 7 nitrogen and oxygen atoms in total. The van der Waals surface area contributed by atoms with Crippen molar-refractivity contribution < 1.29 is 19.1 Å². The van der Waals surface area contributed by atoms with Gasteiger partial charge >= 0.3 is 6.03 Å². The minimum absolute atomic E-state index is 0.0641. The zero-order valence-corrected chi connectivity index (χ0v) is 12.7. The molecule has 0 atom stereocenters. The van der Waals surface area contributed by atoms with Crippen LogP contribution in [-0.2, 0) is 4.79 Å². The third-order valence-corrected chi connectivity index (χ3v) is 2.85. The van der Waals surface area contributed by atoms with Crippen LogP contribution >= 0.6 is 0 Å². The molecule has 0 spiro atoms. The van der Waals surface area contributed by atoms with Crippen LogP contribution in [0.25, 0.3) is 0 Å². The van der Waals surface area contributed by atoms with E-state index in [0.29, 0.717) is 24.7 Å². The molecule has 3 amide bonds. The van der Waals surface area contributed by atoms with E-state index in [-0.39, 0.29) is 12.5 Å². The number of nitrogens with one attached hydrogen (secondary N) is 1. The Hall–Kier alpha value is -2.57. The number of nitrogens with zero attached hydrogens (tertiary/aromatic N) is 2. The van der Waals surface area contributed by atoms with Crippen molar-refractivity contribution in [1.82, 2.24) is 10.3 Å². The van der Waals surface area contributed by atoms with Crippen molar-refractivity contribution in [2.45, 2.75) is 20.3 Å². The van der Waals surface area contributed by atoms with Crippen LogP contribution in [0.1, 0.15) is 25.8 Å². The molecule has 0 aromatic heterocycles. The lowest BCUT2D eigenvalue weighted by molar-refractivity contribution is -0.118. The summed E-state index contributed by atoms with van der Waals surface area (Å²) in [6, 6.07) is 4.88. The summed E-state index contributed by atoms with van der Waals surface area (Å²) >= 11 is 0. The topological polar surface area (TPSA) is 80.2 Å². The minimum Gasteiger partial charge on any atom is -0.490 e. The maximum atomic E-state index is 11.4. The van der Waals surface area contributed by atoms with Gasteiger partial charge in [0, 0.05) is 0 Å². The SMILES string of the molecule is CCCOc1ccc(/C=N\N2CC(=O)NC2=O)cc1OCC. The number of hydrazone groups is 1. The number of rotatable bonds is 7. The summed E-state index contributed by atoms with van der Waals surface area (Å²) < 4.78 is 11.2. The smallest absolute Gasteiger partial charge is 0.344 e. The highest BCUT2D eigenvalue weighted by Gasteiger charge is 2.25. The van der Waals surface area contributed by atoms with Gasteiger partial charge in [-0.25, -0.2) is 9.80 Å². The van der Waals surface area contributed by atoms with Gasteiger partial charge in [-0.05, 0) is 37.1 Å². The number of benzene rings is 1. The van der Waals surface area contributed by atoms with Crippen molar-refractivity contribution in [2.75, 3.05) is 19.8 Å². The number of hydrogen-bond acceptors (Lipinski definition) is 5. The van der Waals surface area contributed by atoms with Gasteiger partial charge in [0.2, 0.25) is 5.91 Å². The number of amides is 3. The third kappa shape index (κ3) is 3.97. The number of hydrogen-bond donors (Lipinski definition) is 1. The lowest BCUT2D eigenvalue weighted by Gasteiger charge is -2.12. The van der Waals surface area contributed by atoms with Crippen LogP contribution in [0, 0.1) is 0 Å². The van der Waals surface area contributed by atoms with Gasteiger partial charge in [0.25, 0.3) is 0 Å². The Kier molecular flexibility index (Phi) is 5.35. The molecule has 1 N–H and O–H groups in total. The summed E-state index contributed by atoms with van der Waals surface area (Å²) in [7, 11) is 0. The van der Waals surface area contributed by atoms with Crippen LogP contribution < -0.4 is 14.8 Å². The zero-order valence-electron chi connectivity index (χ0n) is 12.7. The van der Waals surface area contributed by atoms with Gasteiger partial charge < -0.3 is 9.47 Å². The first-order valence-corrected chi connectivity index (χ1v) is 7.19. The fourth-order valence-electron chi connectivity index (χ4n) is 1.87. The summed E-state index contributed by atoms with van der Waals surface area (Å²) in [4.78, 5) is 22.5. The van der Waals surface area contributed by atoms with E-state index < -0.39 is 6.03 Å². The molecule has 2 rings (SSSR count). The normalized spacial score (nSPS) is 14.5. The van der Waals surface area contributed by atoms with Crippen molar-refractivity contribution in [3.05, 3.63) is 23.8 Å². The molecule has 7 heteroatoms. The van der Waals surface area contributed by atoms with E-state index in [4.69, 9.17) is 9.47 Å². The average molecular weight is 305 g/mol. The quantitative estimate of drug-likeness (QED) is 0.615. The summed E-state index contributed by atoms with van der Waals surface area (Å²) in [5.74, 6) is 0.942. The maximum Gasteiger partial charge on any atom is 0.344 e. The van der Waals surface area contributed by atoms with Crippen molar-refractivity contribution in [2.24, 2.45) is 5.10 Å². The molecule has 1 heterocycles. The van der Waals surface area contributed by atoms with E-state index in [2.05, 4.69) is 10.4 Å². The van der Waals surface area contributed by atoms with E-state index in [1.165, 1.54) is 6.21 Å². The van der Waals surface area contributed by atoms with Gasteiger partial charge in [0.15, 0.2) is 11.5 Å². The predicted molar refractivity (Wildman–Crippen MR) is 81.2 cm³/mol. The number of imide groups is 1. The molecule has 0 aliphatic carbocycles. The number of carbonyl (C=O) groups excluding carboxylic acids is 2. The third-order valence-electron chi connectivity index (χ3n) is 2.85. The van der Waals surface area contributed by atoms with Crippen LogP contribution in [0.2, 0.25) is 0 Å². The summed E-state index contributed by atoms with van der Waals surface area (Å²) in [6.07, 6.45) is 2.41. The molecule has 0 bridgehead atoms. The lowest BCUT2D eigenvalue weighted by atomic mass is 10.2. The minimum atomic E-state index is -0.519. The van der Waals surface area contributed by atoms with Crippen molar-refractivity contribution in [3.63, 3.8) is 0 Å². The highest BCUT2D eigenvalue weighted by atomic mass is 16.5. The Morgan fingerprint density at radius 1 is 1.27 bits per heavy atom. The molecule has 0 unspecified atom stereocenters. The van der Waals surface area contributed by atoms with Gasteiger partial charge in [0.05, 0.1) is 19.4 Å². The Morgan fingerprint density at radius 2 is 2.09 bits per heavy atom. The first-order chi connectivity index (χ1) is 10.6. The fourth-order valence-corrected chi connectivity index (χ4v) is 1.87. The monoisotopic (exact) mass is 305 g/mol. The molecule has 1 fully saturated rings. The van der Waals surface area contributed by atoms with E-state index in [1.807, 2.05) is 19.9 Å². The van der Waals surface area contributed by atoms with Gasteiger partial charge in [-0.15, -0.1) is 0 Å². The van der Waals surface area contributed by atoms with E-state index in [9.17, 15) is 9.59 Å². The summed E-state index contributed by atoms with van der Waals surface area (Å²) in [5.41, 5.74) is 0.749. The molecule has 1 aromatic rings. The molecular weight excluding hydrogens is 286 g/mol. The fraction of sp³-hybridized carbons (Fsp3) is 0.400. The number of carbonyl (C=O) groups is 2. The van der Waals surface area contributed by atoms with Crippen molar-refractivity contribution >= 4 is 18.2 Å². The van der Waals surface area contributed by atoms with Crippen LogP contribution in [-0.4, -0.2) is 42.9 Å². The predicted octanol–water partition coefficient (Wildman–Crippen LogP) is 1.76. The molecule has 118 valence electrons. The standard InChI is InChI=1S/C15H19N3O4/c1-3-7-22-12-6-5-11(8-13(12)21-4-2)9-16-18-10-14(19)17-15(18)20/h5-6,8-9H,3-4,7,10H2,1-2H3,(H,17,19,20)/b16-9-. The number of urea groups is 1. The second-order valence-corrected chi connectivity index (χ2v) is 4.64. The van der Waals surface area contributed by atoms with Crippen LogP contribution in [0.4, 0.5) is 4.79 Å². The molecular formula is C15H19N3O4. The zero-order chi connectivity index (χ0) is 15.9. The van der Waals surface area contributed by atoms with E-state index in [0.717, 1.165) is 17.0 Å².